The number of amides is 2. The van der Waals surface area contributed by atoms with Gasteiger partial charge in [0.15, 0.2) is 0 Å². The van der Waals surface area contributed by atoms with Crippen molar-refractivity contribution in [1.82, 2.24) is 15.1 Å². The molecule has 0 bridgehead atoms. The maximum atomic E-state index is 12.0. The molecule has 134 valence electrons. The number of urea groups is 1. The molecule has 2 aromatic rings. The zero-order chi connectivity index (χ0) is 17.7. The molecule has 3 rings (SSSR count). The zero-order valence-corrected chi connectivity index (χ0v) is 14.7. The monoisotopic (exact) mass is 342 g/mol. The van der Waals surface area contributed by atoms with Gasteiger partial charge in [-0.2, -0.15) is 5.10 Å². The Balaban J connectivity index is 1.48. The maximum absolute atomic E-state index is 12.0. The van der Waals surface area contributed by atoms with E-state index in [0.29, 0.717) is 13.1 Å². The molecule has 1 heterocycles. The number of nitrogens with zero attached hydrogens (tertiary/aromatic N) is 2. The van der Waals surface area contributed by atoms with E-state index in [1.807, 2.05) is 48.3 Å². The van der Waals surface area contributed by atoms with Crippen LogP contribution < -0.4 is 10.6 Å². The topological polar surface area (TPSA) is 79.2 Å². The average molecular weight is 342 g/mol. The molecular weight excluding hydrogens is 316 g/mol. The predicted molar refractivity (Wildman–Crippen MR) is 97.6 cm³/mol. The van der Waals surface area contributed by atoms with Crippen molar-refractivity contribution in [2.24, 2.45) is 0 Å². The van der Waals surface area contributed by atoms with Crippen molar-refractivity contribution < 1.29 is 9.90 Å². The SMILES string of the molecule is Cc1cnn(Cc2ccc(NC(=O)NCC3(O)CCCCC3)cc2)c1. The molecule has 0 unspecified atom stereocenters. The van der Waals surface area contributed by atoms with Crippen LogP contribution in [0.3, 0.4) is 0 Å². The summed E-state index contributed by atoms with van der Waals surface area (Å²) < 4.78 is 1.88. The van der Waals surface area contributed by atoms with Crippen molar-refractivity contribution >= 4 is 11.7 Å². The lowest BCUT2D eigenvalue weighted by Crippen LogP contribution is -2.45. The summed E-state index contributed by atoms with van der Waals surface area (Å²) in [5.41, 5.74) is 2.23. The Morgan fingerprint density at radius 2 is 1.96 bits per heavy atom. The average Bonchev–Trinajstić information content (AvgIpc) is 3.01. The molecule has 25 heavy (non-hydrogen) atoms. The second kappa shape index (κ2) is 7.70. The quantitative estimate of drug-likeness (QED) is 0.781. The Kier molecular flexibility index (Phi) is 5.38. The van der Waals surface area contributed by atoms with Crippen LogP contribution in [0.2, 0.25) is 0 Å². The summed E-state index contributed by atoms with van der Waals surface area (Å²) in [5, 5.41) is 20.3. The molecule has 0 spiro atoms. The lowest BCUT2D eigenvalue weighted by molar-refractivity contribution is 0.00755. The highest BCUT2D eigenvalue weighted by molar-refractivity contribution is 5.89. The van der Waals surface area contributed by atoms with Crippen molar-refractivity contribution in [3.05, 3.63) is 47.8 Å². The van der Waals surface area contributed by atoms with E-state index in [9.17, 15) is 9.90 Å². The second-order valence-electron chi connectivity index (χ2n) is 7.00. The highest BCUT2D eigenvalue weighted by atomic mass is 16.3. The highest BCUT2D eigenvalue weighted by Crippen LogP contribution is 2.27. The van der Waals surface area contributed by atoms with Crippen LogP contribution in [-0.2, 0) is 6.54 Å². The number of nitrogens with one attached hydrogen (secondary N) is 2. The standard InChI is InChI=1S/C19H26N4O2/c1-15-11-21-23(12-15)13-16-5-7-17(8-6-16)22-18(24)20-14-19(25)9-3-2-4-10-19/h5-8,11-12,25H,2-4,9-10,13-14H2,1H3,(H2,20,22,24). The molecule has 0 atom stereocenters. The maximum Gasteiger partial charge on any atom is 0.319 e. The minimum absolute atomic E-state index is 0.283. The fraction of sp³-hybridized carbons (Fsp3) is 0.474. The molecule has 1 aliphatic carbocycles. The van der Waals surface area contributed by atoms with Crippen LogP contribution in [0.15, 0.2) is 36.7 Å². The number of hydrogen-bond acceptors (Lipinski definition) is 3. The molecule has 1 fully saturated rings. The number of benzene rings is 1. The van der Waals surface area contributed by atoms with Gasteiger partial charge >= 0.3 is 6.03 Å². The Hall–Kier alpha value is -2.34. The number of aromatic nitrogens is 2. The second-order valence-corrected chi connectivity index (χ2v) is 7.00. The van der Waals surface area contributed by atoms with Gasteiger partial charge in [0.25, 0.3) is 0 Å². The fourth-order valence-corrected chi connectivity index (χ4v) is 3.24. The summed E-state index contributed by atoms with van der Waals surface area (Å²) in [5.74, 6) is 0. The largest absolute Gasteiger partial charge is 0.388 e. The van der Waals surface area contributed by atoms with Gasteiger partial charge in [-0.25, -0.2) is 4.79 Å². The number of carbonyl (C=O) groups is 1. The summed E-state index contributed by atoms with van der Waals surface area (Å²) >= 11 is 0. The number of hydrogen-bond donors (Lipinski definition) is 3. The van der Waals surface area contributed by atoms with Crippen LogP contribution in [0.25, 0.3) is 0 Å². The lowest BCUT2D eigenvalue weighted by atomic mass is 9.85. The smallest absolute Gasteiger partial charge is 0.319 e. The Labute approximate surface area is 148 Å². The van der Waals surface area contributed by atoms with Gasteiger partial charge in [0, 0.05) is 18.4 Å². The summed E-state index contributed by atoms with van der Waals surface area (Å²) in [6.45, 7) is 3.02. The zero-order valence-electron chi connectivity index (χ0n) is 14.7. The van der Waals surface area contributed by atoms with E-state index in [2.05, 4.69) is 15.7 Å². The molecule has 2 amide bonds. The van der Waals surface area contributed by atoms with Gasteiger partial charge in [0.1, 0.15) is 0 Å². The third-order valence-electron chi connectivity index (χ3n) is 4.68. The van der Waals surface area contributed by atoms with Crippen molar-refractivity contribution in [2.75, 3.05) is 11.9 Å². The highest BCUT2D eigenvalue weighted by Gasteiger charge is 2.29. The van der Waals surface area contributed by atoms with Crippen molar-refractivity contribution in [2.45, 2.75) is 51.2 Å². The predicted octanol–water partition coefficient (Wildman–Crippen LogP) is 3.06. The Morgan fingerprint density at radius 3 is 2.60 bits per heavy atom. The number of carbonyl (C=O) groups excluding carboxylic acids is 1. The molecule has 3 N–H and O–H groups in total. The van der Waals surface area contributed by atoms with Crippen LogP contribution in [0.5, 0.6) is 0 Å². The minimum Gasteiger partial charge on any atom is -0.388 e. The molecule has 6 heteroatoms. The van der Waals surface area contributed by atoms with Gasteiger partial charge in [0.05, 0.1) is 18.3 Å². The summed E-state index contributed by atoms with van der Waals surface area (Å²) in [6, 6.07) is 7.42. The van der Waals surface area contributed by atoms with Crippen LogP contribution in [0.1, 0.15) is 43.2 Å². The van der Waals surface area contributed by atoms with E-state index in [1.165, 1.54) is 6.42 Å². The van der Waals surface area contributed by atoms with Gasteiger partial charge < -0.3 is 15.7 Å². The third kappa shape index (κ3) is 5.06. The van der Waals surface area contributed by atoms with E-state index in [-0.39, 0.29) is 6.03 Å². The first kappa shape index (κ1) is 17.5. The third-order valence-corrected chi connectivity index (χ3v) is 4.68. The van der Waals surface area contributed by atoms with Crippen LogP contribution in [0.4, 0.5) is 10.5 Å². The van der Waals surface area contributed by atoms with E-state index in [4.69, 9.17) is 0 Å². The Bertz CT molecular complexity index is 702. The molecule has 1 aliphatic rings. The molecule has 1 saturated carbocycles. The first-order valence-electron chi connectivity index (χ1n) is 8.88. The number of aliphatic hydroxyl groups is 1. The Morgan fingerprint density at radius 1 is 1.24 bits per heavy atom. The fourth-order valence-electron chi connectivity index (χ4n) is 3.24. The van der Waals surface area contributed by atoms with Gasteiger partial charge in [-0.1, -0.05) is 31.4 Å². The van der Waals surface area contributed by atoms with Crippen molar-refractivity contribution in [1.29, 1.82) is 0 Å². The summed E-state index contributed by atoms with van der Waals surface area (Å²) in [7, 11) is 0. The first-order valence-corrected chi connectivity index (χ1v) is 8.88. The van der Waals surface area contributed by atoms with E-state index >= 15 is 0 Å². The number of rotatable bonds is 5. The van der Waals surface area contributed by atoms with Gasteiger partial charge in [-0.15, -0.1) is 0 Å². The van der Waals surface area contributed by atoms with E-state index < -0.39 is 5.60 Å². The van der Waals surface area contributed by atoms with Gasteiger partial charge in [0.2, 0.25) is 0 Å². The van der Waals surface area contributed by atoms with Gasteiger partial charge in [-0.05, 0) is 43.0 Å². The van der Waals surface area contributed by atoms with Crippen LogP contribution >= 0.6 is 0 Å². The van der Waals surface area contributed by atoms with E-state index in [1.54, 1.807) is 0 Å². The van der Waals surface area contributed by atoms with Crippen molar-refractivity contribution in [3.63, 3.8) is 0 Å². The molecule has 0 saturated heterocycles. The van der Waals surface area contributed by atoms with Crippen LogP contribution in [-0.4, -0.2) is 33.1 Å². The van der Waals surface area contributed by atoms with E-state index in [0.717, 1.165) is 42.5 Å². The summed E-state index contributed by atoms with van der Waals surface area (Å²) in [6.07, 6.45) is 8.56. The minimum atomic E-state index is -0.749. The lowest BCUT2D eigenvalue weighted by Gasteiger charge is -2.32. The molecule has 1 aromatic heterocycles. The number of anilines is 1. The molecule has 0 radical (unpaired) electrons. The van der Waals surface area contributed by atoms with Gasteiger partial charge in [-0.3, -0.25) is 4.68 Å². The first-order chi connectivity index (χ1) is 12.0. The molecule has 6 nitrogen and oxygen atoms in total. The molecule has 0 aliphatic heterocycles. The summed E-state index contributed by atoms with van der Waals surface area (Å²) in [4.78, 5) is 12.0. The molecular formula is C19H26N4O2. The number of aryl methyl sites for hydroxylation is 1. The van der Waals surface area contributed by atoms with Crippen LogP contribution in [0, 0.1) is 6.92 Å². The molecule has 1 aromatic carbocycles. The van der Waals surface area contributed by atoms with Crippen molar-refractivity contribution in [3.8, 4) is 0 Å². The normalized spacial score (nSPS) is 16.4.